The highest BCUT2D eigenvalue weighted by Gasteiger charge is 2.21. The van der Waals surface area contributed by atoms with Crippen molar-refractivity contribution < 1.29 is 67.1 Å². The third kappa shape index (κ3) is 16.1. The van der Waals surface area contributed by atoms with Crippen molar-refractivity contribution in [3.05, 3.63) is 71.3 Å². The predicted molar refractivity (Wildman–Crippen MR) is 206 cm³/mol. The number of carbonyl (C=O) groups is 7. The molecular weight excluding hydrogens is 758 g/mol. The van der Waals surface area contributed by atoms with Crippen molar-refractivity contribution in [3.8, 4) is 34.5 Å². The summed E-state index contributed by atoms with van der Waals surface area (Å²) >= 11 is 0. The van der Waals surface area contributed by atoms with Gasteiger partial charge in [-0.2, -0.15) is 0 Å². The Morgan fingerprint density at radius 2 is 0.862 bits per heavy atom. The molecule has 2 N–H and O–H groups in total. The van der Waals surface area contributed by atoms with Crippen LogP contribution in [0.4, 0.5) is 0 Å². The monoisotopic (exact) mass is 807 g/mol. The van der Waals surface area contributed by atoms with Gasteiger partial charge in [0.2, 0.25) is 0 Å². The Morgan fingerprint density at radius 3 is 1.28 bits per heavy atom. The number of ether oxygens (including phenoxy) is 6. The fraction of sp³-hybridized carbons (Fsp3) is 0.390. The average molecular weight is 808 g/mol. The Kier molecular flexibility index (Phi) is 18.4. The van der Waals surface area contributed by atoms with Crippen LogP contribution in [0.15, 0.2) is 54.6 Å². The molecule has 0 aliphatic heterocycles. The van der Waals surface area contributed by atoms with Gasteiger partial charge in [-0.15, -0.1) is 0 Å². The fourth-order valence-corrected chi connectivity index (χ4v) is 5.88. The van der Waals surface area contributed by atoms with Crippen molar-refractivity contribution in [3.63, 3.8) is 0 Å². The SMILES string of the molecule is CC(=O)Oc1cccc(CNCCCN(CCCN(CC(=O)O)Cc2cccc(OC(C)=O)c2OC(C)=O)Cc2cccc(OC(C)=O)c2OC(C)=O)c1OC(C)=O. The summed E-state index contributed by atoms with van der Waals surface area (Å²) in [6.07, 6.45) is 1.04. The number of carbonyl (C=O) groups excluding carboxylic acids is 6. The molecule has 17 nitrogen and oxygen atoms in total. The van der Waals surface area contributed by atoms with Crippen LogP contribution in [0.2, 0.25) is 0 Å². The summed E-state index contributed by atoms with van der Waals surface area (Å²) in [5.74, 6) is -4.27. The van der Waals surface area contributed by atoms with Gasteiger partial charge in [-0.05, 0) is 50.7 Å². The van der Waals surface area contributed by atoms with E-state index in [0.717, 1.165) is 0 Å². The van der Waals surface area contributed by atoms with E-state index in [4.69, 9.17) is 28.4 Å². The van der Waals surface area contributed by atoms with E-state index in [0.29, 0.717) is 49.2 Å². The lowest BCUT2D eigenvalue weighted by molar-refractivity contribution is -0.139. The molecule has 0 aliphatic carbocycles. The van der Waals surface area contributed by atoms with Crippen molar-refractivity contribution in [1.82, 2.24) is 15.1 Å². The minimum absolute atomic E-state index is 0.0125. The van der Waals surface area contributed by atoms with Gasteiger partial charge in [-0.3, -0.25) is 43.4 Å². The van der Waals surface area contributed by atoms with Crippen molar-refractivity contribution in [2.75, 3.05) is 32.7 Å². The topological polar surface area (TPSA) is 214 Å². The van der Waals surface area contributed by atoms with E-state index in [-0.39, 0.29) is 67.2 Å². The zero-order valence-electron chi connectivity index (χ0n) is 33.4. The molecular formula is C41H49N3O14. The number of nitrogens with one attached hydrogen (secondary N) is 1. The molecule has 312 valence electrons. The Balaban J connectivity index is 1.83. The highest BCUT2D eigenvalue weighted by molar-refractivity contribution is 5.76. The Labute approximate surface area is 336 Å². The zero-order chi connectivity index (χ0) is 42.8. The molecule has 0 spiro atoms. The van der Waals surface area contributed by atoms with Gasteiger partial charge in [0.15, 0.2) is 34.5 Å². The molecule has 0 fully saturated rings. The van der Waals surface area contributed by atoms with Gasteiger partial charge in [0.1, 0.15) is 0 Å². The lowest BCUT2D eigenvalue weighted by atomic mass is 10.1. The van der Waals surface area contributed by atoms with Crippen LogP contribution in [0.25, 0.3) is 0 Å². The lowest BCUT2D eigenvalue weighted by Crippen LogP contribution is -2.34. The average Bonchev–Trinajstić information content (AvgIpc) is 3.10. The van der Waals surface area contributed by atoms with Crippen molar-refractivity contribution in [2.45, 2.75) is 74.0 Å². The van der Waals surface area contributed by atoms with Crippen LogP contribution in [0.5, 0.6) is 34.5 Å². The summed E-state index contributed by atoms with van der Waals surface area (Å²) in [6.45, 7) is 9.27. The van der Waals surface area contributed by atoms with Gasteiger partial charge in [0, 0.05) is 84.4 Å². The quantitative estimate of drug-likeness (QED) is 0.0827. The van der Waals surface area contributed by atoms with E-state index < -0.39 is 41.8 Å². The number of benzene rings is 3. The molecule has 0 saturated carbocycles. The molecule has 0 radical (unpaired) electrons. The van der Waals surface area contributed by atoms with Crippen molar-refractivity contribution in [2.24, 2.45) is 0 Å². The van der Waals surface area contributed by atoms with Crippen LogP contribution in [-0.2, 0) is 53.2 Å². The second-order valence-electron chi connectivity index (χ2n) is 13.1. The second-order valence-corrected chi connectivity index (χ2v) is 13.1. The molecule has 58 heavy (non-hydrogen) atoms. The van der Waals surface area contributed by atoms with E-state index in [2.05, 4.69) is 10.2 Å². The molecule has 0 aliphatic rings. The van der Waals surface area contributed by atoms with Gasteiger partial charge in [0.05, 0.1) is 6.54 Å². The highest BCUT2D eigenvalue weighted by atomic mass is 16.6. The summed E-state index contributed by atoms with van der Waals surface area (Å²) in [6, 6.07) is 14.6. The molecule has 3 rings (SSSR count). The molecule has 17 heteroatoms. The first kappa shape index (κ1) is 46.2. The summed E-state index contributed by atoms with van der Waals surface area (Å²) < 4.78 is 32.1. The van der Waals surface area contributed by atoms with E-state index >= 15 is 0 Å². The largest absolute Gasteiger partial charge is 0.480 e. The third-order valence-corrected chi connectivity index (χ3v) is 7.92. The summed E-state index contributed by atoms with van der Waals surface area (Å²) in [7, 11) is 0. The summed E-state index contributed by atoms with van der Waals surface area (Å²) in [5, 5.41) is 13.1. The van der Waals surface area contributed by atoms with Crippen molar-refractivity contribution in [1.29, 1.82) is 0 Å². The van der Waals surface area contributed by atoms with Gasteiger partial charge < -0.3 is 38.8 Å². The standard InChI is InChI=1S/C41H49N3O14/c1-26(45)53-35-15-7-12-32(39(35)56-29(4)48)22-42-18-10-19-43(23-33-13-8-16-36(54-27(2)46)40(33)57-30(5)49)20-11-21-44(25-38(51)52)24-34-14-9-17-37(55-28(3)47)41(34)58-31(6)50/h7-9,12-17,42H,10-11,18-25H2,1-6H3,(H,51,52). The lowest BCUT2D eigenvalue weighted by Gasteiger charge is -2.26. The van der Waals surface area contributed by atoms with Gasteiger partial charge in [-0.1, -0.05) is 36.4 Å². The number of rotatable bonds is 22. The van der Waals surface area contributed by atoms with E-state index in [9.17, 15) is 38.7 Å². The smallest absolute Gasteiger partial charge is 0.317 e. The van der Waals surface area contributed by atoms with Crippen LogP contribution in [0, 0.1) is 0 Å². The van der Waals surface area contributed by atoms with Crippen LogP contribution in [0.3, 0.4) is 0 Å². The minimum atomic E-state index is -1.09. The Morgan fingerprint density at radius 1 is 0.500 bits per heavy atom. The van der Waals surface area contributed by atoms with Gasteiger partial charge >= 0.3 is 41.8 Å². The highest BCUT2D eigenvalue weighted by Crippen LogP contribution is 2.35. The number of esters is 6. The molecule has 0 aromatic heterocycles. The first-order chi connectivity index (χ1) is 27.5. The molecule has 0 heterocycles. The molecule has 0 saturated heterocycles. The number of hydrogen-bond donors (Lipinski definition) is 2. The van der Waals surface area contributed by atoms with Crippen LogP contribution >= 0.6 is 0 Å². The van der Waals surface area contributed by atoms with E-state index in [1.54, 1.807) is 41.3 Å². The number of carboxylic acids is 1. The third-order valence-electron chi connectivity index (χ3n) is 7.92. The molecule has 0 amide bonds. The minimum Gasteiger partial charge on any atom is -0.480 e. The molecule has 3 aromatic rings. The van der Waals surface area contributed by atoms with Crippen molar-refractivity contribution >= 4 is 41.8 Å². The van der Waals surface area contributed by atoms with Crippen LogP contribution in [0.1, 0.15) is 71.1 Å². The number of aliphatic carboxylic acids is 1. The van der Waals surface area contributed by atoms with Crippen LogP contribution < -0.4 is 33.7 Å². The zero-order valence-corrected chi connectivity index (χ0v) is 33.4. The number of para-hydroxylation sites is 3. The molecule has 3 aromatic carbocycles. The number of nitrogens with zero attached hydrogens (tertiary/aromatic N) is 2. The maximum atomic E-state index is 12.1. The Hall–Kier alpha value is -6.17. The summed E-state index contributed by atoms with van der Waals surface area (Å²) in [4.78, 5) is 86.8. The first-order valence-electron chi connectivity index (χ1n) is 18.4. The van der Waals surface area contributed by atoms with E-state index in [1.807, 2.05) is 0 Å². The maximum Gasteiger partial charge on any atom is 0.317 e. The normalized spacial score (nSPS) is 10.8. The number of carboxylic acid groups (broad SMARTS) is 1. The van der Waals surface area contributed by atoms with Gasteiger partial charge in [0.25, 0.3) is 0 Å². The van der Waals surface area contributed by atoms with Crippen LogP contribution in [-0.4, -0.2) is 89.4 Å². The van der Waals surface area contributed by atoms with E-state index in [1.165, 1.54) is 59.7 Å². The molecule has 0 unspecified atom stereocenters. The Bertz CT molecular complexity index is 1960. The fourth-order valence-electron chi connectivity index (χ4n) is 5.88. The predicted octanol–water partition coefficient (Wildman–Crippen LogP) is 4.20. The molecule has 0 bridgehead atoms. The number of hydrogen-bond acceptors (Lipinski definition) is 16. The first-order valence-corrected chi connectivity index (χ1v) is 18.4. The molecule has 0 atom stereocenters. The maximum absolute atomic E-state index is 12.1. The second kappa shape index (κ2) is 23.2. The summed E-state index contributed by atoms with van der Waals surface area (Å²) in [5.41, 5.74) is 1.58. The van der Waals surface area contributed by atoms with Gasteiger partial charge in [-0.25, -0.2) is 0 Å².